The third-order valence-electron chi connectivity index (χ3n) is 2.25. The van der Waals surface area contributed by atoms with Crippen LogP contribution in [-0.4, -0.2) is 31.3 Å². The molecule has 0 fully saturated rings. The second-order valence-electron chi connectivity index (χ2n) is 3.72. The molecule has 19 heavy (non-hydrogen) atoms. The van der Waals surface area contributed by atoms with E-state index in [9.17, 15) is 4.79 Å². The zero-order valence-electron chi connectivity index (χ0n) is 11.3. The van der Waals surface area contributed by atoms with Crippen molar-refractivity contribution in [3.8, 4) is 0 Å². The fourth-order valence-corrected chi connectivity index (χ4v) is 3.90. The Morgan fingerprint density at radius 2 is 1.68 bits per heavy atom. The summed E-state index contributed by atoms with van der Waals surface area (Å²) < 4.78 is 10.0. The number of esters is 1. The first-order valence-electron chi connectivity index (χ1n) is 5.62. The van der Waals surface area contributed by atoms with Crippen molar-refractivity contribution in [2.75, 3.05) is 14.2 Å². The van der Waals surface area contributed by atoms with Gasteiger partial charge in [-0.25, -0.2) is 0 Å². The average Bonchev–Trinajstić information content (AvgIpc) is 2.39. The Labute approximate surface area is 128 Å². The Bertz CT molecular complexity index is 389. The fourth-order valence-electron chi connectivity index (χ4n) is 1.45. The zero-order valence-corrected chi connectivity index (χ0v) is 16.8. The van der Waals surface area contributed by atoms with Crippen molar-refractivity contribution in [3.05, 3.63) is 35.9 Å². The fraction of sp³-hybridized carbons (Fsp3) is 0.385. The first-order valence-corrected chi connectivity index (χ1v) is 8.79. The molecule has 2 unspecified atom stereocenters. The molecule has 101 valence electrons. The van der Waals surface area contributed by atoms with Crippen LogP contribution in [0.15, 0.2) is 30.3 Å². The van der Waals surface area contributed by atoms with Gasteiger partial charge in [0, 0.05) is 6.92 Å². The van der Waals surface area contributed by atoms with E-state index in [4.69, 9.17) is 19.4 Å². The van der Waals surface area contributed by atoms with Crippen LogP contribution < -0.4 is 0 Å². The van der Waals surface area contributed by atoms with Crippen LogP contribution in [0, 0.1) is 0 Å². The van der Waals surface area contributed by atoms with Gasteiger partial charge in [0.15, 0.2) is 0 Å². The van der Waals surface area contributed by atoms with Gasteiger partial charge in [-0.3, -0.25) is 4.79 Å². The number of ether oxygens (including phenoxy) is 2. The molecule has 0 amide bonds. The van der Waals surface area contributed by atoms with E-state index in [-0.39, 0.29) is 41.6 Å². The van der Waals surface area contributed by atoms with E-state index in [1.165, 1.54) is 7.11 Å². The van der Waals surface area contributed by atoms with Crippen molar-refractivity contribution >= 4 is 11.9 Å². The number of aliphatic carboxylic acids is 1. The SMILES string of the molecule is CC(=O)O.COC(=O)[CH]([Hg])C(OC)c1ccccc1. The molecule has 0 heterocycles. The number of carbonyl (C=O) groups excluding carboxylic acids is 1. The topological polar surface area (TPSA) is 72.8 Å². The van der Waals surface area contributed by atoms with Gasteiger partial charge in [0.05, 0.1) is 0 Å². The number of hydrogen-bond donors (Lipinski definition) is 1. The molecule has 0 spiro atoms. The molecule has 0 saturated heterocycles. The maximum atomic E-state index is 11.4. The van der Waals surface area contributed by atoms with Gasteiger partial charge < -0.3 is 5.11 Å². The first kappa shape index (κ1) is 18.1. The molecule has 1 rings (SSSR count). The summed E-state index contributed by atoms with van der Waals surface area (Å²) >= 11 is 0.276. The number of carboxylic acids is 1. The number of carboxylic acid groups (broad SMARTS) is 1. The van der Waals surface area contributed by atoms with Crippen LogP contribution in [0.4, 0.5) is 0 Å². The third-order valence-corrected chi connectivity index (χ3v) is 5.21. The summed E-state index contributed by atoms with van der Waals surface area (Å²) in [6.07, 6.45) is -0.165. The molecule has 0 aliphatic carbocycles. The molecule has 2 atom stereocenters. The Hall–Kier alpha value is -0.945. The molecule has 6 heteroatoms. The number of methoxy groups -OCH3 is 2. The predicted octanol–water partition coefficient (Wildman–Crippen LogP) is 1.97. The molecular formula is C13H17HgO5. The van der Waals surface area contributed by atoms with E-state index in [1.807, 2.05) is 30.3 Å². The molecule has 0 aliphatic heterocycles. The average molecular weight is 454 g/mol. The quantitative estimate of drug-likeness (QED) is 0.557. The standard InChI is InChI=1S/C11H13O3.C2H4O2.Hg/c1-13-10(8-11(12)14-2)9-6-4-3-5-7-9;1-2(3)4;/h3-8,10H,1-2H3;1H3,(H,3,4);. The van der Waals surface area contributed by atoms with Gasteiger partial charge in [-0.15, -0.1) is 0 Å². The molecule has 1 aromatic carbocycles. The third kappa shape index (κ3) is 7.27. The molecule has 5 nitrogen and oxygen atoms in total. The Kier molecular flexibility index (Phi) is 9.42. The van der Waals surface area contributed by atoms with Crippen molar-refractivity contribution in [1.82, 2.24) is 0 Å². The molecule has 0 radical (unpaired) electrons. The Balaban J connectivity index is 0.000000711. The summed E-state index contributed by atoms with van der Waals surface area (Å²) in [6, 6.07) is 9.77. The maximum absolute atomic E-state index is 11.4. The molecular weight excluding hydrogens is 437 g/mol. The summed E-state index contributed by atoms with van der Waals surface area (Å²) in [4.78, 5) is 20.4. The molecule has 0 saturated carbocycles. The van der Waals surface area contributed by atoms with E-state index in [1.54, 1.807) is 7.11 Å². The van der Waals surface area contributed by atoms with E-state index in [2.05, 4.69) is 0 Å². The number of rotatable bonds is 4. The predicted molar refractivity (Wildman–Crippen MR) is 65.3 cm³/mol. The van der Waals surface area contributed by atoms with Gasteiger partial charge in [-0.2, -0.15) is 0 Å². The van der Waals surface area contributed by atoms with Gasteiger partial charge in [0.1, 0.15) is 0 Å². The van der Waals surface area contributed by atoms with Gasteiger partial charge >= 0.3 is 106 Å². The first-order chi connectivity index (χ1) is 8.93. The summed E-state index contributed by atoms with van der Waals surface area (Å²) in [5.41, 5.74) is 1.03. The summed E-state index contributed by atoms with van der Waals surface area (Å²) in [5.74, 6) is -1.01. The molecule has 1 aromatic rings. The van der Waals surface area contributed by atoms with Crippen molar-refractivity contribution in [1.29, 1.82) is 0 Å². The van der Waals surface area contributed by atoms with E-state index < -0.39 is 5.97 Å². The van der Waals surface area contributed by atoms with Crippen LogP contribution in [0.25, 0.3) is 0 Å². The van der Waals surface area contributed by atoms with Crippen molar-refractivity contribution in [2.45, 2.75) is 16.5 Å². The zero-order chi connectivity index (χ0) is 14.8. The second kappa shape index (κ2) is 9.92. The molecule has 0 aliphatic rings. The Morgan fingerprint density at radius 1 is 1.21 bits per heavy atom. The normalized spacial score (nSPS) is 12.7. The van der Waals surface area contributed by atoms with Crippen LogP contribution >= 0.6 is 0 Å². The Morgan fingerprint density at radius 3 is 2.05 bits per heavy atom. The van der Waals surface area contributed by atoms with E-state index >= 15 is 0 Å². The van der Waals surface area contributed by atoms with E-state index in [0.29, 0.717) is 0 Å². The molecule has 1 N–H and O–H groups in total. The minimum absolute atomic E-state index is 0.109. The number of hydrogen-bond acceptors (Lipinski definition) is 4. The van der Waals surface area contributed by atoms with Crippen LogP contribution in [-0.2, 0) is 45.2 Å². The van der Waals surface area contributed by atoms with Crippen LogP contribution in [0.2, 0.25) is 3.43 Å². The number of benzene rings is 1. The van der Waals surface area contributed by atoms with Gasteiger partial charge in [0.25, 0.3) is 5.97 Å². The van der Waals surface area contributed by atoms with Crippen LogP contribution in [0.5, 0.6) is 0 Å². The van der Waals surface area contributed by atoms with Crippen molar-refractivity contribution < 1.29 is 50.3 Å². The second-order valence-corrected chi connectivity index (χ2v) is 7.14. The summed E-state index contributed by atoms with van der Waals surface area (Å²) in [5, 5.41) is 7.42. The minimum atomic E-state index is -0.833. The van der Waals surface area contributed by atoms with Crippen LogP contribution in [0.1, 0.15) is 18.6 Å². The van der Waals surface area contributed by atoms with Gasteiger partial charge in [0.2, 0.25) is 0 Å². The van der Waals surface area contributed by atoms with Crippen molar-refractivity contribution in [3.63, 3.8) is 0 Å². The summed E-state index contributed by atoms with van der Waals surface area (Å²) in [6.45, 7) is 1.08. The van der Waals surface area contributed by atoms with Crippen molar-refractivity contribution in [2.24, 2.45) is 0 Å². The summed E-state index contributed by atoms with van der Waals surface area (Å²) in [7, 11) is 3.04. The van der Waals surface area contributed by atoms with E-state index in [0.717, 1.165) is 12.5 Å². The van der Waals surface area contributed by atoms with Gasteiger partial charge in [-0.1, -0.05) is 0 Å². The number of carbonyl (C=O) groups is 2. The molecule has 0 aromatic heterocycles. The monoisotopic (exact) mass is 455 g/mol. The van der Waals surface area contributed by atoms with Crippen LogP contribution in [0.3, 0.4) is 0 Å². The van der Waals surface area contributed by atoms with Gasteiger partial charge in [-0.05, 0) is 0 Å². The molecule has 0 bridgehead atoms.